The average molecular weight is 430 g/mol. The summed E-state index contributed by atoms with van der Waals surface area (Å²) in [6.45, 7) is 8.37. The minimum atomic E-state index is -2.91. The molecule has 1 amide bonds. The van der Waals surface area contributed by atoms with Gasteiger partial charge in [0.1, 0.15) is 11.5 Å². The Labute approximate surface area is 181 Å². The van der Waals surface area contributed by atoms with Gasteiger partial charge in [-0.05, 0) is 49.4 Å². The molecule has 0 aliphatic carbocycles. The first-order valence-corrected chi connectivity index (χ1v) is 10.6. The Kier molecular flexibility index (Phi) is 6.39. The van der Waals surface area contributed by atoms with Crippen molar-refractivity contribution in [3.05, 3.63) is 53.1 Å². The SMILES string of the molecule is C=C(C)c1ccc(C)cc1-c1c(O)cc(CCCCC)c(C(=O)N2CC(F)(F)C2)c1O. The number of amides is 1. The summed E-state index contributed by atoms with van der Waals surface area (Å²) < 4.78 is 26.8. The van der Waals surface area contributed by atoms with Gasteiger partial charge in [0.25, 0.3) is 11.8 Å². The Balaban J connectivity index is 2.18. The Morgan fingerprint density at radius 3 is 2.45 bits per heavy atom. The molecule has 0 atom stereocenters. The van der Waals surface area contributed by atoms with Gasteiger partial charge < -0.3 is 15.1 Å². The summed E-state index contributed by atoms with van der Waals surface area (Å²) in [5.74, 6) is -4.07. The first kappa shape index (κ1) is 22.8. The lowest BCUT2D eigenvalue weighted by Gasteiger charge is -2.39. The van der Waals surface area contributed by atoms with Crippen LogP contribution in [0.4, 0.5) is 8.78 Å². The van der Waals surface area contributed by atoms with Crippen LogP contribution in [0.2, 0.25) is 0 Å². The van der Waals surface area contributed by atoms with Gasteiger partial charge in [-0.25, -0.2) is 8.78 Å². The lowest BCUT2D eigenvalue weighted by Crippen LogP contribution is -2.58. The number of unbranched alkanes of at least 4 members (excludes halogenated alkanes) is 2. The summed E-state index contributed by atoms with van der Waals surface area (Å²) in [5, 5.41) is 22.0. The largest absolute Gasteiger partial charge is 0.507 e. The topological polar surface area (TPSA) is 60.8 Å². The maximum atomic E-state index is 13.4. The molecule has 1 aliphatic rings. The fourth-order valence-electron chi connectivity index (χ4n) is 4.03. The number of phenolic OH excluding ortho intramolecular Hbond substituents is 2. The van der Waals surface area contributed by atoms with E-state index >= 15 is 0 Å². The zero-order valence-electron chi connectivity index (χ0n) is 18.3. The van der Waals surface area contributed by atoms with Gasteiger partial charge in [-0.2, -0.15) is 0 Å². The van der Waals surface area contributed by atoms with Crippen LogP contribution in [0, 0.1) is 6.92 Å². The van der Waals surface area contributed by atoms with Gasteiger partial charge >= 0.3 is 0 Å². The molecule has 0 aromatic heterocycles. The minimum Gasteiger partial charge on any atom is -0.507 e. The van der Waals surface area contributed by atoms with Gasteiger partial charge in [0, 0.05) is 0 Å². The second-order valence-corrected chi connectivity index (χ2v) is 8.46. The first-order valence-electron chi connectivity index (χ1n) is 10.6. The summed E-state index contributed by atoms with van der Waals surface area (Å²) >= 11 is 0. The zero-order valence-corrected chi connectivity index (χ0v) is 18.3. The van der Waals surface area contributed by atoms with Gasteiger partial charge in [0.15, 0.2) is 0 Å². The standard InChI is InChI=1S/C25H29F2NO3/c1-5-6-7-8-17-12-20(29)22(19-11-16(4)9-10-18(19)15(2)3)23(30)21(17)24(31)28-13-25(26,27)14-28/h9-12,29-30H,2,5-8,13-14H2,1,3-4H3. The molecule has 2 aromatic carbocycles. The molecule has 31 heavy (non-hydrogen) atoms. The van der Waals surface area contributed by atoms with Crippen LogP contribution in [0.15, 0.2) is 30.8 Å². The van der Waals surface area contributed by atoms with Crippen LogP contribution in [0.3, 0.4) is 0 Å². The van der Waals surface area contributed by atoms with Crippen LogP contribution >= 0.6 is 0 Å². The van der Waals surface area contributed by atoms with E-state index in [1.165, 1.54) is 6.07 Å². The van der Waals surface area contributed by atoms with E-state index < -0.39 is 24.9 Å². The molecule has 0 radical (unpaired) electrons. The molecule has 1 heterocycles. The van der Waals surface area contributed by atoms with Crippen molar-refractivity contribution in [2.24, 2.45) is 0 Å². The van der Waals surface area contributed by atoms with Gasteiger partial charge in [-0.3, -0.25) is 4.79 Å². The second-order valence-electron chi connectivity index (χ2n) is 8.46. The molecule has 0 saturated carbocycles. The van der Waals surface area contributed by atoms with E-state index in [0.717, 1.165) is 40.9 Å². The number of carbonyl (C=O) groups excluding carboxylic acids is 1. The van der Waals surface area contributed by atoms with Crippen molar-refractivity contribution in [1.29, 1.82) is 0 Å². The predicted octanol–water partition coefficient (Wildman–Crippen LogP) is 5.93. The Bertz CT molecular complexity index is 1020. The van der Waals surface area contributed by atoms with E-state index in [-0.39, 0.29) is 22.6 Å². The number of hydrogen-bond acceptors (Lipinski definition) is 3. The minimum absolute atomic E-state index is 0.00595. The van der Waals surface area contributed by atoms with Crippen LogP contribution < -0.4 is 0 Å². The van der Waals surface area contributed by atoms with Crippen LogP contribution in [0.5, 0.6) is 11.5 Å². The van der Waals surface area contributed by atoms with Crippen molar-refractivity contribution in [2.75, 3.05) is 13.1 Å². The Hall–Kier alpha value is -2.89. The highest BCUT2D eigenvalue weighted by atomic mass is 19.3. The van der Waals surface area contributed by atoms with Crippen LogP contribution in [-0.2, 0) is 6.42 Å². The number of alkyl halides is 2. The van der Waals surface area contributed by atoms with Crippen molar-refractivity contribution in [2.45, 2.75) is 52.4 Å². The number of rotatable bonds is 7. The molecule has 1 saturated heterocycles. The summed E-state index contributed by atoms with van der Waals surface area (Å²) in [5.41, 5.74) is 3.49. The van der Waals surface area contributed by atoms with Crippen LogP contribution in [-0.4, -0.2) is 40.0 Å². The molecule has 166 valence electrons. The summed E-state index contributed by atoms with van der Waals surface area (Å²) in [4.78, 5) is 14.1. The number of aromatic hydroxyl groups is 2. The van der Waals surface area contributed by atoms with Crippen LogP contribution in [0.25, 0.3) is 16.7 Å². The third-order valence-corrected chi connectivity index (χ3v) is 5.66. The molecule has 0 unspecified atom stereocenters. The molecule has 2 aromatic rings. The number of allylic oxidation sites excluding steroid dienone is 1. The number of benzene rings is 2. The fraction of sp³-hybridized carbons (Fsp3) is 0.400. The van der Waals surface area contributed by atoms with E-state index in [4.69, 9.17) is 0 Å². The number of likely N-dealkylation sites (tertiary alicyclic amines) is 1. The van der Waals surface area contributed by atoms with Crippen molar-refractivity contribution in [1.82, 2.24) is 4.90 Å². The molecule has 3 rings (SSSR count). The van der Waals surface area contributed by atoms with Crippen molar-refractivity contribution < 1.29 is 23.8 Å². The van der Waals surface area contributed by atoms with E-state index in [1.807, 2.05) is 39.0 Å². The lowest BCUT2D eigenvalue weighted by atomic mass is 9.88. The van der Waals surface area contributed by atoms with Crippen molar-refractivity contribution >= 4 is 11.5 Å². The Morgan fingerprint density at radius 2 is 1.87 bits per heavy atom. The number of phenols is 2. The van der Waals surface area contributed by atoms with E-state index in [1.54, 1.807) is 0 Å². The summed E-state index contributed by atoms with van der Waals surface area (Å²) in [7, 11) is 0. The normalized spacial score (nSPS) is 14.9. The fourth-order valence-corrected chi connectivity index (χ4v) is 4.03. The zero-order chi connectivity index (χ0) is 22.9. The summed E-state index contributed by atoms with van der Waals surface area (Å²) in [6, 6.07) is 7.04. The first-order chi connectivity index (χ1) is 14.6. The molecule has 0 bridgehead atoms. The molecular formula is C25H29F2NO3. The van der Waals surface area contributed by atoms with Gasteiger partial charge in [0.05, 0.1) is 24.2 Å². The lowest BCUT2D eigenvalue weighted by molar-refractivity contribution is -0.113. The molecule has 1 aliphatic heterocycles. The Morgan fingerprint density at radius 1 is 1.19 bits per heavy atom. The molecular weight excluding hydrogens is 400 g/mol. The number of aryl methyl sites for hydroxylation is 2. The quantitative estimate of drug-likeness (QED) is 0.536. The molecule has 4 nitrogen and oxygen atoms in total. The number of halogens is 2. The van der Waals surface area contributed by atoms with Crippen molar-refractivity contribution in [3.8, 4) is 22.6 Å². The molecule has 2 N–H and O–H groups in total. The highest BCUT2D eigenvalue weighted by Gasteiger charge is 2.47. The number of carbonyl (C=O) groups is 1. The smallest absolute Gasteiger partial charge is 0.282 e. The second kappa shape index (κ2) is 8.69. The third-order valence-electron chi connectivity index (χ3n) is 5.66. The van der Waals surface area contributed by atoms with Crippen LogP contribution in [0.1, 0.15) is 60.2 Å². The molecule has 6 heteroatoms. The van der Waals surface area contributed by atoms with E-state index in [0.29, 0.717) is 17.5 Å². The van der Waals surface area contributed by atoms with Crippen molar-refractivity contribution in [3.63, 3.8) is 0 Å². The highest BCUT2D eigenvalue weighted by Crippen LogP contribution is 2.45. The maximum absolute atomic E-state index is 13.4. The highest BCUT2D eigenvalue weighted by molar-refractivity contribution is 6.03. The number of nitrogens with zero attached hydrogens (tertiary/aromatic N) is 1. The molecule has 1 fully saturated rings. The third kappa shape index (κ3) is 4.58. The van der Waals surface area contributed by atoms with E-state index in [2.05, 4.69) is 6.58 Å². The average Bonchev–Trinajstić information content (AvgIpc) is 2.65. The monoisotopic (exact) mass is 429 g/mol. The maximum Gasteiger partial charge on any atom is 0.282 e. The van der Waals surface area contributed by atoms with Gasteiger partial charge in [-0.15, -0.1) is 0 Å². The molecule has 0 spiro atoms. The van der Waals surface area contributed by atoms with Gasteiger partial charge in [0.2, 0.25) is 0 Å². The van der Waals surface area contributed by atoms with Gasteiger partial charge in [-0.1, -0.05) is 55.7 Å². The predicted molar refractivity (Wildman–Crippen MR) is 119 cm³/mol. The summed E-state index contributed by atoms with van der Waals surface area (Å²) in [6.07, 6.45) is 3.09. The number of hydrogen-bond donors (Lipinski definition) is 2. The van der Waals surface area contributed by atoms with E-state index in [9.17, 15) is 23.8 Å².